The summed E-state index contributed by atoms with van der Waals surface area (Å²) in [5.41, 5.74) is 7.31. The van der Waals surface area contributed by atoms with Crippen molar-refractivity contribution >= 4 is 5.97 Å². The summed E-state index contributed by atoms with van der Waals surface area (Å²) in [6.45, 7) is 0.0525. The average Bonchev–Trinajstić information content (AvgIpc) is 2.63. The van der Waals surface area contributed by atoms with Crippen LogP contribution in [0.3, 0.4) is 0 Å². The lowest BCUT2D eigenvalue weighted by Gasteiger charge is -2.12. The van der Waals surface area contributed by atoms with Gasteiger partial charge in [-0.1, -0.05) is 5.16 Å². The molecule has 0 radical (unpaired) electrons. The molecule has 3 N–H and O–H groups in total. The van der Waals surface area contributed by atoms with Crippen LogP contribution >= 0.6 is 0 Å². The molecule has 1 unspecified atom stereocenters. The third-order valence-corrected chi connectivity index (χ3v) is 2.84. The van der Waals surface area contributed by atoms with Crippen LogP contribution in [0.4, 0.5) is 0 Å². The van der Waals surface area contributed by atoms with E-state index in [0.29, 0.717) is 5.76 Å². The third kappa shape index (κ3) is 1.74. The van der Waals surface area contributed by atoms with Gasteiger partial charge in [-0.05, 0) is 25.7 Å². The fourth-order valence-corrected chi connectivity index (χ4v) is 2.01. The van der Waals surface area contributed by atoms with Gasteiger partial charge in [0.25, 0.3) is 0 Å². The highest BCUT2D eigenvalue weighted by Gasteiger charge is 2.29. The number of carboxylic acids is 1. The van der Waals surface area contributed by atoms with Gasteiger partial charge in [-0.25, -0.2) is 0 Å². The minimum Gasteiger partial charge on any atom is -0.481 e. The Labute approximate surface area is 87.2 Å². The lowest BCUT2D eigenvalue weighted by molar-refractivity contribution is -0.139. The Hall–Kier alpha value is -1.36. The van der Waals surface area contributed by atoms with Crippen molar-refractivity contribution < 1.29 is 14.4 Å². The zero-order valence-corrected chi connectivity index (χ0v) is 8.40. The molecular formula is C10H14N2O3. The molecule has 0 bridgehead atoms. The van der Waals surface area contributed by atoms with Crippen molar-refractivity contribution in [3.63, 3.8) is 0 Å². The van der Waals surface area contributed by atoms with Crippen LogP contribution in [0.2, 0.25) is 0 Å². The second-order valence-corrected chi connectivity index (χ2v) is 3.81. The second kappa shape index (κ2) is 4.02. The minimum absolute atomic E-state index is 0.0525. The molecule has 0 saturated heterocycles. The summed E-state index contributed by atoms with van der Waals surface area (Å²) in [5, 5.41) is 12.9. The molecular weight excluding hydrogens is 196 g/mol. The van der Waals surface area contributed by atoms with Gasteiger partial charge in [0.05, 0.1) is 5.69 Å². The van der Waals surface area contributed by atoms with Gasteiger partial charge in [0.1, 0.15) is 5.92 Å². The van der Waals surface area contributed by atoms with E-state index in [4.69, 9.17) is 15.4 Å². The molecule has 0 amide bonds. The molecule has 1 heterocycles. The predicted molar refractivity (Wildman–Crippen MR) is 52.6 cm³/mol. The van der Waals surface area contributed by atoms with Gasteiger partial charge in [-0.2, -0.15) is 0 Å². The largest absolute Gasteiger partial charge is 0.481 e. The number of aryl methyl sites for hydroxylation is 1. The minimum atomic E-state index is -0.943. The van der Waals surface area contributed by atoms with E-state index in [-0.39, 0.29) is 6.54 Å². The molecule has 0 aliphatic heterocycles. The van der Waals surface area contributed by atoms with E-state index in [1.807, 2.05) is 0 Å². The maximum Gasteiger partial charge on any atom is 0.315 e. The predicted octanol–water partition coefficient (Wildman–Crippen LogP) is 0.680. The monoisotopic (exact) mass is 210 g/mol. The molecule has 5 heteroatoms. The lowest BCUT2D eigenvalue weighted by Crippen LogP contribution is -2.22. The Morgan fingerprint density at radius 1 is 1.53 bits per heavy atom. The van der Waals surface area contributed by atoms with Crippen molar-refractivity contribution in [3.8, 4) is 0 Å². The molecule has 15 heavy (non-hydrogen) atoms. The quantitative estimate of drug-likeness (QED) is 0.765. The van der Waals surface area contributed by atoms with E-state index < -0.39 is 11.9 Å². The summed E-state index contributed by atoms with van der Waals surface area (Å²) in [4.78, 5) is 10.9. The van der Waals surface area contributed by atoms with Gasteiger partial charge in [0, 0.05) is 12.1 Å². The molecule has 1 atom stereocenters. The van der Waals surface area contributed by atoms with Crippen molar-refractivity contribution in [2.45, 2.75) is 31.6 Å². The van der Waals surface area contributed by atoms with Gasteiger partial charge in [0.15, 0.2) is 5.76 Å². The van der Waals surface area contributed by atoms with Crippen LogP contribution in [0, 0.1) is 0 Å². The second-order valence-electron chi connectivity index (χ2n) is 3.81. The number of carbonyl (C=O) groups is 1. The zero-order chi connectivity index (χ0) is 10.8. The number of hydrogen-bond donors (Lipinski definition) is 2. The first-order valence-corrected chi connectivity index (χ1v) is 5.14. The number of rotatable bonds is 3. The van der Waals surface area contributed by atoms with Crippen molar-refractivity contribution in [3.05, 3.63) is 17.0 Å². The van der Waals surface area contributed by atoms with Gasteiger partial charge in [-0.3, -0.25) is 4.79 Å². The van der Waals surface area contributed by atoms with E-state index >= 15 is 0 Å². The molecule has 0 aromatic carbocycles. The summed E-state index contributed by atoms with van der Waals surface area (Å²) in [6, 6.07) is 0. The SMILES string of the molecule is NCC(C(=O)O)c1onc2c1CCCC2. The maximum atomic E-state index is 10.9. The Kier molecular flexibility index (Phi) is 2.73. The van der Waals surface area contributed by atoms with Crippen molar-refractivity contribution in [1.29, 1.82) is 0 Å². The fourth-order valence-electron chi connectivity index (χ4n) is 2.01. The topological polar surface area (TPSA) is 89.4 Å². The van der Waals surface area contributed by atoms with Crippen molar-refractivity contribution in [1.82, 2.24) is 5.16 Å². The van der Waals surface area contributed by atoms with E-state index in [1.54, 1.807) is 0 Å². The number of carboxylic acid groups (broad SMARTS) is 1. The molecule has 0 spiro atoms. The Morgan fingerprint density at radius 2 is 2.27 bits per heavy atom. The zero-order valence-electron chi connectivity index (χ0n) is 8.40. The molecule has 5 nitrogen and oxygen atoms in total. The first-order chi connectivity index (χ1) is 7.24. The normalized spacial score (nSPS) is 17.1. The molecule has 82 valence electrons. The highest BCUT2D eigenvalue weighted by Crippen LogP contribution is 2.28. The standard InChI is InChI=1S/C10H14N2O3/c11-5-7(10(13)14)9-6-3-1-2-4-8(6)12-15-9/h7H,1-5,11H2,(H,13,14). The van der Waals surface area contributed by atoms with Crippen LogP contribution in [0.15, 0.2) is 4.52 Å². The van der Waals surface area contributed by atoms with Crippen LogP contribution in [0.1, 0.15) is 35.8 Å². The van der Waals surface area contributed by atoms with Crippen LogP contribution in [0.25, 0.3) is 0 Å². The number of nitrogens with two attached hydrogens (primary N) is 1. The summed E-state index contributed by atoms with van der Waals surface area (Å²) in [7, 11) is 0. The van der Waals surface area contributed by atoms with Gasteiger partial charge < -0.3 is 15.4 Å². The van der Waals surface area contributed by atoms with Gasteiger partial charge >= 0.3 is 5.97 Å². The van der Waals surface area contributed by atoms with E-state index in [0.717, 1.165) is 36.9 Å². The van der Waals surface area contributed by atoms with E-state index in [1.165, 1.54) is 0 Å². The number of nitrogens with zero attached hydrogens (tertiary/aromatic N) is 1. The molecule has 1 aliphatic rings. The summed E-state index contributed by atoms with van der Waals surface area (Å²) < 4.78 is 5.12. The molecule has 1 aromatic heterocycles. The van der Waals surface area contributed by atoms with Crippen LogP contribution in [-0.2, 0) is 17.6 Å². The van der Waals surface area contributed by atoms with E-state index in [9.17, 15) is 4.79 Å². The van der Waals surface area contributed by atoms with Crippen LogP contribution in [0.5, 0.6) is 0 Å². The number of hydrogen-bond acceptors (Lipinski definition) is 4. The Bertz CT molecular complexity index is 373. The summed E-state index contributed by atoms with van der Waals surface area (Å²) in [5.74, 6) is -1.24. The summed E-state index contributed by atoms with van der Waals surface area (Å²) in [6.07, 6.45) is 3.91. The number of aromatic nitrogens is 1. The molecule has 0 fully saturated rings. The van der Waals surface area contributed by atoms with Crippen LogP contribution in [-0.4, -0.2) is 22.8 Å². The van der Waals surface area contributed by atoms with E-state index in [2.05, 4.69) is 5.16 Å². The molecule has 0 saturated carbocycles. The molecule has 2 rings (SSSR count). The first kappa shape index (κ1) is 10.2. The van der Waals surface area contributed by atoms with Crippen molar-refractivity contribution in [2.75, 3.05) is 6.54 Å². The highest BCUT2D eigenvalue weighted by atomic mass is 16.5. The fraction of sp³-hybridized carbons (Fsp3) is 0.600. The first-order valence-electron chi connectivity index (χ1n) is 5.14. The highest BCUT2D eigenvalue weighted by molar-refractivity contribution is 5.76. The molecule has 1 aliphatic carbocycles. The smallest absolute Gasteiger partial charge is 0.315 e. The Balaban J connectivity index is 2.35. The number of aliphatic carboxylic acids is 1. The lowest BCUT2D eigenvalue weighted by atomic mass is 9.92. The van der Waals surface area contributed by atoms with Crippen molar-refractivity contribution in [2.24, 2.45) is 5.73 Å². The Morgan fingerprint density at radius 3 is 2.93 bits per heavy atom. The van der Waals surface area contributed by atoms with Crippen LogP contribution < -0.4 is 5.73 Å². The number of fused-ring (bicyclic) bond motifs is 1. The average molecular weight is 210 g/mol. The maximum absolute atomic E-state index is 10.9. The summed E-state index contributed by atoms with van der Waals surface area (Å²) >= 11 is 0. The molecule has 1 aromatic rings. The third-order valence-electron chi connectivity index (χ3n) is 2.84. The van der Waals surface area contributed by atoms with Gasteiger partial charge in [-0.15, -0.1) is 0 Å². The van der Waals surface area contributed by atoms with Gasteiger partial charge in [0.2, 0.25) is 0 Å².